The van der Waals surface area contributed by atoms with Crippen LogP contribution >= 0.6 is 0 Å². The molecule has 0 bridgehead atoms. The third kappa shape index (κ3) is 18.6. The van der Waals surface area contributed by atoms with E-state index in [1.807, 2.05) is 0 Å². The van der Waals surface area contributed by atoms with Gasteiger partial charge in [-0.15, -0.1) is 0 Å². The first-order valence-corrected chi connectivity index (χ1v) is 5.09. The van der Waals surface area contributed by atoms with Crippen LogP contribution in [0.15, 0.2) is 0 Å². The molecule has 6 nitrogen and oxygen atoms in total. The summed E-state index contributed by atoms with van der Waals surface area (Å²) < 4.78 is 0. The molecule has 0 saturated heterocycles. The molecule has 0 radical (unpaired) electrons. The molecule has 16 heavy (non-hydrogen) atoms. The Morgan fingerprint density at radius 2 is 1.25 bits per heavy atom. The number of hydrogen-bond acceptors (Lipinski definition) is 4. The number of aliphatic carboxylic acids is 2. The molecule has 0 aromatic heterocycles. The highest BCUT2D eigenvalue weighted by Crippen LogP contribution is 1.98. The molecular formula is C10H20O6. The Morgan fingerprint density at radius 1 is 0.938 bits per heavy atom. The first-order valence-electron chi connectivity index (χ1n) is 5.09. The summed E-state index contributed by atoms with van der Waals surface area (Å²) in [6.45, 7) is 1.94. The lowest BCUT2D eigenvalue weighted by molar-refractivity contribution is -0.139. The number of hydrogen-bond donors (Lipinski definition) is 4. The standard InChI is InChI=1S/C6H10O4.C4H10O2/c7-5(8)3-1-2-4-6(9)10;1-4(2-5)3-6/h1-4H2,(H,7,8)(H,9,10);4-6H,2-3H2,1H3. The lowest BCUT2D eigenvalue weighted by Gasteiger charge is -1.97. The summed E-state index contributed by atoms with van der Waals surface area (Å²) in [5.74, 6) is -1.69. The summed E-state index contributed by atoms with van der Waals surface area (Å²) in [6, 6.07) is 0. The van der Waals surface area contributed by atoms with E-state index >= 15 is 0 Å². The first kappa shape index (κ1) is 17.3. The van der Waals surface area contributed by atoms with E-state index in [-0.39, 0.29) is 32.0 Å². The van der Waals surface area contributed by atoms with E-state index in [0.717, 1.165) is 0 Å². The van der Waals surface area contributed by atoms with Gasteiger partial charge in [-0.1, -0.05) is 6.92 Å². The van der Waals surface area contributed by atoms with Crippen LogP contribution in [0.5, 0.6) is 0 Å². The predicted octanol–water partition coefficient (Wildman–Crippen LogP) is 0.323. The van der Waals surface area contributed by atoms with Gasteiger partial charge in [0.15, 0.2) is 0 Å². The average molecular weight is 236 g/mol. The molecule has 0 saturated carbocycles. The maximum absolute atomic E-state index is 9.90. The maximum Gasteiger partial charge on any atom is 0.303 e. The highest BCUT2D eigenvalue weighted by Gasteiger charge is 1.99. The van der Waals surface area contributed by atoms with Gasteiger partial charge < -0.3 is 20.4 Å². The van der Waals surface area contributed by atoms with Crippen molar-refractivity contribution in [3.63, 3.8) is 0 Å². The Labute approximate surface area is 94.5 Å². The quantitative estimate of drug-likeness (QED) is 0.473. The minimum Gasteiger partial charge on any atom is -0.481 e. The van der Waals surface area contributed by atoms with Gasteiger partial charge in [0, 0.05) is 32.0 Å². The van der Waals surface area contributed by atoms with Gasteiger partial charge in [-0.05, 0) is 12.8 Å². The lowest BCUT2D eigenvalue weighted by atomic mass is 10.2. The topological polar surface area (TPSA) is 115 Å². The van der Waals surface area contributed by atoms with Crippen molar-refractivity contribution in [3.05, 3.63) is 0 Å². The van der Waals surface area contributed by atoms with Crippen molar-refractivity contribution in [2.24, 2.45) is 5.92 Å². The molecule has 0 aromatic rings. The van der Waals surface area contributed by atoms with Crippen molar-refractivity contribution in [2.75, 3.05) is 13.2 Å². The van der Waals surface area contributed by atoms with Crippen molar-refractivity contribution in [3.8, 4) is 0 Å². The molecule has 96 valence electrons. The minimum atomic E-state index is -0.870. The van der Waals surface area contributed by atoms with Gasteiger partial charge in [-0.2, -0.15) is 0 Å². The van der Waals surface area contributed by atoms with Crippen LogP contribution in [0.25, 0.3) is 0 Å². The molecule has 0 fully saturated rings. The van der Waals surface area contributed by atoms with Gasteiger partial charge in [0.2, 0.25) is 0 Å². The zero-order valence-electron chi connectivity index (χ0n) is 9.43. The molecule has 0 aromatic carbocycles. The fourth-order valence-electron chi connectivity index (χ4n) is 0.610. The van der Waals surface area contributed by atoms with Crippen molar-refractivity contribution in [2.45, 2.75) is 32.6 Å². The smallest absolute Gasteiger partial charge is 0.303 e. The summed E-state index contributed by atoms with van der Waals surface area (Å²) in [5.41, 5.74) is 0. The van der Waals surface area contributed by atoms with Crippen LogP contribution < -0.4 is 0 Å². The second kappa shape index (κ2) is 11.9. The van der Waals surface area contributed by atoms with Gasteiger partial charge in [0.25, 0.3) is 0 Å². The van der Waals surface area contributed by atoms with Crippen LogP contribution in [-0.4, -0.2) is 45.6 Å². The molecule has 0 aliphatic heterocycles. The number of carboxylic acids is 2. The summed E-state index contributed by atoms with van der Waals surface area (Å²) >= 11 is 0. The summed E-state index contributed by atoms with van der Waals surface area (Å²) in [7, 11) is 0. The van der Waals surface area contributed by atoms with Gasteiger partial charge in [-0.25, -0.2) is 0 Å². The normalized spacial score (nSPS) is 9.50. The van der Waals surface area contributed by atoms with Gasteiger partial charge in [-0.3, -0.25) is 9.59 Å². The van der Waals surface area contributed by atoms with Gasteiger partial charge in [0.1, 0.15) is 0 Å². The van der Waals surface area contributed by atoms with Crippen molar-refractivity contribution in [1.82, 2.24) is 0 Å². The molecule has 0 unspecified atom stereocenters. The number of aliphatic hydroxyl groups excluding tert-OH is 2. The molecule has 0 heterocycles. The molecule has 0 amide bonds. The Kier molecular flexibility index (Phi) is 12.9. The Morgan fingerprint density at radius 3 is 1.38 bits per heavy atom. The Bertz CT molecular complexity index is 172. The number of carbonyl (C=O) groups is 2. The van der Waals surface area contributed by atoms with Gasteiger partial charge >= 0.3 is 11.9 Å². The van der Waals surface area contributed by atoms with Crippen LogP contribution in [0.1, 0.15) is 32.6 Å². The predicted molar refractivity (Wildman–Crippen MR) is 57.1 cm³/mol. The lowest BCUT2D eigenvalue weighted by Crippen LogP contribution is -2.04. The van der Waals surface area contributed by atoms with Crippen LogP contribution in [0, 0.1) is 5.92 Å². The molecule has 0 aliphatic rings. The van der Waals surface area contributed by atoms with Crippen LogP contribution in [0.3, 0.4) is 0 Å². The molecular weight excluding hydrogens is 216 g/mol. The highest BCUT2D eigenvalue weighted by atomic mass is 16.4. The second-order valence-corrected chi connectivity index (χ2v) is 3.46. The maximum atomic E-state index is 9.90. The molecule has 6 heteroatoms. The molecule has 4 N–H and O–H groups in total. The van der Waals surface area contributed by atoms with E-state index in [4.69, 9.17) is 20.4 Å². The Hall–Kier alpha value is -1.14. The van der Waals surface area contributed by atoms with Crippen molar-refractivity contribution >= 4 is 11.9 Å². The number of carboxylic acid groups (broad SMARTS) is 2. The average Bonchev–Trinajstić information content (AvgIpc) is 2.23. The third-order valence-corrected chi connectivity index (χ3v) is 1.65. The second-order valence-electron chi connectivity index (χ2n) is 3.46. The Balaban J connectivity index is 0. The largest absolute Gasteiger partial charge is 0.481 e. The first-order chi connectivity index (χ1) is 7.43. The van der Waals surface area contributed by atoms with E-state index in [1.54, 1.807) is 6.92 Å². The molecule has 0 aliphatic carbocycles. The zero-order valence-corrected chi connectivity index (χ0v) is 9.43. The zero-order chi connectivity index (χ0) is 13.0. The fraction of sp³-hybridized carbons (Fsp3) is 0.800. The summed E-state index contributed by atoms with van der Waals surface area (Å²) in [6.07, 6.45) is 1.02. The molecule has 0 spiro atoms. The monoisotopic (exact) mass is 236 g/mol. The molecule has 0 rings (SSSR count). The van der Waals surface area contributed by atoms with Crippen LogP contribution in [0.2, 0.25) is 0 Å². The number of unbranched alkanes of at least 4 members (excludes halogenated alkanes) is 1. The van der Waals surface area contributed by atoms with E-state index < -0.39 is 11.9 Å². The fourth-order valence-corrected chi connectivity index (χ4v) is 0.610. The van der Waals surface area contributed by atoms with E-state index in [1.165, 1.54) is 0 Å². The SMILES string of the molecule is CC(CO)CO.O=C(O)CCCCC(=O)O. The van der Waals surface area contributed by atoms with Gasteiger partial charge in [0.05, 0.1) is 0 Å². The van der Waals surface area contributed by atoms with E-state index in [9.17, 15) is 9.59 Å². The number of aliphatic hydroxyl groups is 2. The summed E-state index contributed by atoms with van der Waals surface area (Å²) in [4.78, 5) is 19.8. The third-order valence-electron chi connectivity index (χ3n) is 1.65. The van der Waals surface area contributed by atoms with E-state index in [2.05, 4.69) is 0 Å². The van der Waals surface area contributed by atoms with Crippen LogP contribution in [0.4, 0.5) is 0 Å². The van der Waals surface area contributed by atoms with Crippen molar-refractivity contribution in [1.29, 1.82) is 0 Å². The molecule has 0 atom stereocenters. The van der Waals surface area contributed by atoms with Crippen LogP contribution in [-0.2, 0) is 9.59 Å². The number of rotatable bonds is 7. The summed E-state index contributed by atoms with van der Waals surface area (Å²) in [5, 5.41) is 32.6. The van der Waals surface area contributed by atoms with E-state index in [0.29, 0.717) is 12.8 Å². The minimum absolute atomic E-state index is 0.0463. The highest BCUT2D eigenvalue weighted by molar-refractivity contribution is 5.67. The van der Waals surface area contributed by atoms with Crippen molar-refractivity contribution < 1.29 is 30.0 Å².